The minimum atomic E-state index is -0.150. The van der Waals surface area contributed by atoms with Gasteiger partial charge in [-0.05, 0) is 47.0 Å². The van der Waals surface area contributed by atoms with Crippen LogP contribution in [0, 0.1) is 0 Å². The van der Waals surface area contributed by atoms with E-state index in [4.69, 9.17) is 16.7 Å². The minimum Gasteiger partial charge on any atom is -0.396 e. The molecule has 1 aromatic carbocycles. The Bertz CT molecular complexity index is 398. The third-order valence-corrected chi connectivity index (χ3v) is 3.70. The fourth-order valence-electron chi connectivity index (χ4n) is 1.44. The van der Waals surface area contributed by atoms with E-state index in [2.05, 4.69) is 21.2 Å². The summed E-state index contributed by atoms with van der Waals surface area (Å²) in [7, 11) is 0. The van der Waals surface area contributed by atoms with E-state index < -0.39 is 0 Å². The highest BCUT2D eigenvalue weighted by atomic mass is 79.9. The summed E-state index contributed by atoms with van der Waals surface area (Å²) in [5.74, 6) is -0.150. The van der Waals surface area contributed by atoms with Crippen LogP contribution in [0.4, 0.5) is 0 Å². The maximum absolute atomic E-state index is 11.9. The standard InChI is InChI=1S/C12H15BrClNO2/c1-2-9(5-6-16)15-12(17)8-3-4-11(14)10(13)7-8/h3-4,7,9,16H,2,5-6H2,1H3,(H,15,17). The predicted octanol–water partition coefficient (Wildman–Crippen LogP) is 2.99. The summed E-state index contributed by atoms with van der Waals surface area (Å²) in [6.07, 6.45) is 1.36. The molecule has 0 aliphatic heterocycles. The summed E-state index contributed by atoms with van der Waals surface area (Å²) >= 11 is 9.13. The van der Waals surface area contributed by atoms with Gasteiger partial charge in [0, 0.05) is 22.7 Å². The number of halogens is 2. The van der Waals surface area contributed by atoms with Crippen LogP contribution in [0.5, 0.6) is 0 Å². The Morgan fingerprint density at radius 2 is 2.29 bits per heavy atom. The Balaban J connectivity index is 2.72. The molecule has 0 saturated carbocycles. The molecule has 1 atom stereocenters. The maximum Gasteiger partial charge on any atom is 0.251 e. The van der Waals surface area contributed by atoms with Gasteiger partial charge in [-0.3, -0.25) is 4.79 Å². The zero-order valence-corrected chi connectivity index (χ0v) is 11.9. The van der Waals surface area contributed by atoms with E-state index in [1.54, 1.807) is 18.2 Å². The van der Waals surface area contributed by atoms with Crippen molar-refractivity contribution in [3.63, 3.8) is 0 Å². The third kappa shape index (κ3) is 4.30. The average Bonchev–Trinajstić information content (AvgIpc) is 2.31. The van der Waals surface area contributed by atoms with Crippen LogP contribution in [0.3, 0.4) is 0 Å². The molecule has 1 unspecified atom stereocenters. The second-order valence-electron chi connectivity index (χ2n) is 3.72. The first-order chi connectivity index (χ1) is 8.08. The zero-order valence-electron chi connectivity index (χ0n) is 9.54. The van der Waals surface area contributed by atoms with Crippen molar-refractivity contribution in [3.05, 3.63) is 33.3 Å². The van der Waals surface area contributed by atoms with Crippen molar-refractivity contribution >= 4 is 33.4 Å². The van der Waals surface area contributed by atoms with Gasteiger partial charge in [0.25, 0.3) is 5.91 Å². The zero-order chi connectivity index (χ0) is 12.8. The Morgan fingerprint density at radius 3 is 2.82 bits per heavy atom. The number of aliphatic hydroxyl groups excluding tert-OH is 1. The van der Waals surface area contributed by atoms with Crippen molar-refractivity contribution in [2.45, 2.75) is 25.8 Å². The van der Waals surface area contributed by atoms with E-state index in [0.717, 1.165) is 6.42 Å². The SMILES string of the molecule is CCC(CCO)NC(=O)c1ccc(Cl)c(Br)c1. The van der Waals surface area contributed by atoms with E-state index in [9.17, 15) is 4.79 Å². The summed E-state index contributed by atoms with van der Waals surface area (Å²) in [5, 5.41) is 12.3. The van der Waals surface area contributed by atoms with Gasteiger partial charge in [-0.15, -0.1) is 0 Å². The van der Waals surface area contributed by atoms with Gasteiger partial charge < -0.3 is 10.4 Å². The molecule has 0 fully saturated rings. The van der Waals surface area contributed by atoms with Crippen molar-refractivity contribution in [2.75, 3.05) is 6.61 Å². The van der Waals surface area contributed by atoms with Gasteiger partial charge in [-0.1, -0.05) is 18.5 Å². The highest BCUT2D eigenvalue weighted by Crippen LogP contribution is 2.23. The number of hydrogen-bond acceptors (Lipinski definition) is 2. The van der Waals surface area contributed by atoms with Gasteiger partial charge in [0.05, 0.1) is 5.02 Å². The number of carbonyl (C=O) groups is 1. The molecule has 1 amide bonds. The second-order valence-corrected chi connectivity index (χ2v) is 4.98. The first-order valence-electron chi connectivity index (χ1n) is 5.45. The summed E-state index contributed by atoms with van der Waals surface area (Å²) in [5.41, 5.74) is 0.553. The molecule has 0 aromatic heterocycles. The third-order valence-electron chi connectivity index (χ3n) is 2.49. The van der Waals surface area contributed by atoms with Crippen molar-refractivity contribution in [1.29, 1.82) is 0 Å². The lowest BCUT2D eigenvalue weighted by Gasteiger charge is -2.15. The molecular formula is C12H15BrClNO2. The Hall–Kier alpha value is -0.580. The van der Waals surface area contributed by atoms with Gasteiger partial charge in [-0.25, -0.2) is 0 Å². The molecule has 3 nitrogen and oxygen atoms in total. The highest BCUT2D eigenvalue weighted by molar-refractivity contribution is 9.10. The average molecular weight is 321 g/mol. The molecule has 94 valence electrons. The van der Waals surface area contributed by atoms with E-state index in [1.807, 2.05) is 6.92 Å². The number of carbonyl (C=O) groups excluding carboxylic acids is 1. The first kappa shape index (κ1) is 14.5. The molecule has 1 rings (SSSR count). The van der Waals surface area contributed by atoms with Crippen LogP contribution < -0.4 is 5.32 Å². The van der Waals surface area contributed by atoms with Crippen molar-refractivity contribution < 1.29 is 9.90 Å². The molecule has 0 aliphatic carbocycles. The van der Waals surface area contributed by atoms with Crippen LogP contribution in [0.25, 0.3) is 0 Å². The molecule has 1 aromatic rings. The van der Waals surface area contributed by atoms with Gasteiger partial charge >= 0.3 is 0 Å². The van der Waals surface area contributed by atoms with Crippen molar-refractivity contribution in [2.24, 2.45) is 0 Å². The normalized spacial score (nSPS) is 12.2. The lowest BCUT2D eigenvalue weighted by molar-refractivity contribution is 0.0929. The van der Waals surface area contributed by atoms with Crippen LogP contribution >= 0.6 is 27.5 Å². The number of aliphatic hydroxyl groups is 1. The molecule has 5 heteroatoms. The van der Waals surface area contributed by atoms with Gasteiger partial charge in [0.15, 0.2) is 0 Å². The summed E-state index contributed by atoms with van der Waals surface area (Å²) in [4.78, 5) is 11.9. The van der Waals surface area contributed by atoms with Crippen LogP contribution in [-0.2, 0) is 0 Å². The van der Waals surface area contributed by atoms with Crippen molar-refractivity contribution in [3.8, 4) is 0 Å². The Labute approximate surface area is 114 Å². The Morgan fingerprint density at radius 1 is 1.59 bits per heavy atom. The molecule has 0 spiro atoms. The quantitative estimate of drug-likeness (QED) is 0.876. The Kier molecular flexibility index (Phi) is 5.95. The minimum absolute atomic E-state index is 0.00181. The van der Waals surface area contributed by atoms with Crippen molar-refractivity contribution in [1.82, 2.24) is 5.32 Å². The molecule has 0 heterocycles. The molecular weight excluding hydrogens is 305 g/mol. The number of benzene rings is 1. The van der Waals surface area contributed by atoms with E-state index in [0.29, 0.717) is 21.5 Å². The van der Waals surface area contributed by atoms with Crippen LogP contribution in [0.15, 0.2) is 22.7 Å². The van der Waals surface area contributed by atoms with Crippen LogP contribution in [0.2, 0.25) is 5.02 Å². The van der Waals surface area contributed by atoms with Gasteiger partial charge in [0.1, 0.15) is 0 Å². The fourth-order valence-corrected chi connectivity index (χ4v) is 1.94. The summed E-state index contributed by atoms with van der Waals surface area (Å²) < 4.78 is 0.696. The number of nitrogens with one attached hydrogen (secondary N) is 1. The highest BCUT2D eigenvalue weighted by Gasteiger charge is 2.12. The fraction of sp³-hybridized carbons (Fsp3) is 0.417. The molecule has 0 aliphatic rings. The van der Waals surface area contributed by atoms with Gasteiger partial charge in [0.2, 0.25) is 0 Å². The van der Waals surface area contributed by atoms with E-state index >= 15 is 0 Å². The molecule has 0 radical (unpaired) electrons. The molecule has 17 heavy (non-hydrogen) atoms. The predicted molar refractivity (Wildman–Crippen MR) is 72.4 cm³/mol. The smallest absolute Gasteiger partial charge is 0.251 e. The first-order valence-corrected chi connectivity index (χ1v) is 6.62. The summed E-state index contributed by atoms with van der Waals surface area (Å²) in [6.45, 7) is 2.04. The number of hydrogen-bond donors (Lipinski definition) is 2. The molecule has 0 saturated heterocycles. The largest absolute Gasteiger partial charge is 0.396 e. The molecule has 0 bridgehead atoms. The summed E-state index contributed by atoms with van der Waals surface area (Å²) in [6, 6.07) is 5.03. The van der Waals surface area contributed by atoms with Crippen LogP contribution in [-0.4, -0.2) is 23.7 Å². The van der Waals surface area contributed by atoms with Crippen LogP contribution in [0.1, 0.15) is 30.1 Å². The maximum atomic E-state index is 11.9. The van der Waals surface area contributed by atoms with Gasteiger partial charge in [-0.2, -0.15) is 0 Å². The topological polar surface area (TPSA) is 49.3 Å². The lowest BCUT2D eigenvalue weighted by Crippen LogP contribution is -2.35. The monoisotopic (exact) mass is 319 g/mol. The van der Waals surface area contributed by atoms with E-state index in [-0.39, 0.29) is 18.6 Å². The number of rotatable bonds is 5. The second kappa shape index (κ2) is 6.99. The van der Waals surface area contributed by atoms with E-state index in [1.165, 1.54) is 0 Å². The lowest BCUT2D eigenvalue weighted by atomic mass is 10.1. The molecule has 2 N–H and O–H groups in total. The number of amides is 1.